The molecule has 2 aromatic heterocycles. The molecule has 0 amide bonds. The van der Waals surface area contributed by atoms with Gasteiger partial charge in [0.1, 0.15) is 0 Å². The zero-order valence-corrected chi connectivity index (χ0v) is 14.9. The van der Waals surface area contributed by atoms with Crippen molar-refractivity contribution < 1.29 is 9.52 Å². The maximum atomic E-state index is 8.84. The van der Waals surface area contributed by atoms with Gasteiger partial charge >= 0.3 is 0 Å². The van der Waals surface area contributed by atoms with Gasteiger partial charge < -0.3 is 9.52 Å². The number of aromatic nitrogens is 2. The van der Waals surface area contributed by atoms with Crippen molar-refractivity contribution in [1.82, 2.24) is 10.2 Å². The molecule has 1 atom stereocenters. The molecule has 120 valence electrons. The quantitative estimate of drug-likeness (QED) is 0.853. The number of aliphatic hydroxyl groups is 1. The lowest BCUT2D eigenvalue weighted by atomic mass is 9.72. The minimum absolute atomic E-state index is 0.115. The summed E-state index contributed by atoms with van der Waals surface area (Å²) in [5.41, 5.74) is 1.81. The highest BCUT2D eigenvalue weighted by Gasteiger charge is 2.30. The van der Waals surface area contributed by atoms with Gasteiger partial charge in [0.15, 0.2) is 0 Å². The Morgan fingerprint density at radius 2 is 2.23 bits per heavy atom. The van der Waals surface area contributed by atoms with Crippen LogP contribution in [-0.2, 0) is 12.8 Å². The fourth-order valence-corrected chi connectivity index (χ4v) is 4.50. The van der Waals surface area contributed by atoms with Gasteiger partial charge in [-0.25, -0.2) is 0 Å². The van der Waals surface area contributed by atoms with Crippen molar-refractivity contribution >= 4 is 23.1 Å². The van der Waals surface area contributed by atoms with E-state index in [2.05, 4.69) is 37.0 Å². The first-order chi connectivity index (χ1) is 10.5. The molecule has 2 heterocycles. The summed E-state index contributed by atoms with van der Waals surface area (Å²) in [7, 11) is 0. The Bertz CT molecular complexity index is 643. The third-order valence-electron chi connectivity index (χ3n) is 4.24. The molecule has 3 rings (SSSR count). The minimum atomic E-state index is 0.115. The molecule has 0 radical (unpaired) electrons. The van der Waals surface area contributed by atoms with Crippen LogP contribution in [0.4, 0.5) is 0 Å². The van der Waals surface area contributed by atoms with Crippen molar-refractivity contribution in [2.75, 3.05) is 12.4 Å². The fraction of sp³-hybridized carbons (Fsp3) is 0.625. The molecule has 0 unspecified atom stereocenters. The summed E-state index contributed by atoms with van der Waals surface area (Å²) in [6.07, 6.45) is 3.57. The molecular weight excluding hydrogens is 316 g/mol. The SMILES string of the molecule is CC(C)(C)[C@H]1CCc2sc(-c3nnc(SCCO)o3)cc2C1. The molecule has 0 saturated heterocycles. The first-order valence-electron chi connectivity index (χ1n) is 7.66. The van der Waals surface area contributed by atoms with Crippen LogP contribution in [0.25, 0.3) is 10.8 Å². The van der Waals surface area contributed by atoms with Crippen LogP contribution in [0, 0.1) is 11.3 Å². The van der Waals surface area contributed by atoms with E-state index < -0.39 is 0 Å². The standard InChI is InChI=1S/C16H22N2O2S2/c1-16(2,3)11-4-5-12-10(8-11)9-13(22-12)14-17-18-15(20-14)21-7-6-19/h9,11,19H,4-8H2,1-3H3/t11-/m0/s1. The fourth-order valence-electron chi connectivity index (χ4n) is 2.87. The van der Waals surface area contributed by atoms with Crippen molar-refractivity contribution in [3.05, 3.63) is 16.5 Å². The molecule has 0 bridgehead atoms. The van der Waals surface area contributed by atoms with E-state index in [1.165, 1.54) is 28.6 Å². The summed E-state index contributed by atoms with van der Waals surface area (Å²) in [6.45, 7) is 7.11. The predicted molar refractivity (Wildman–Crippen MR) is 90.4 cm³/mol. The number of aliphatic hydroxyl groups excluding tert-OH is 1. The molecule has 1 N–H and O–H groups in total. The lowest BCUT2D eigenvalue weighted by Crippen LogP contribution is -2.26. The summed E-state index contributed by atoms with van der Waals surface area (Å²) in [4.78, 5) is 2.54. The van der Waals surface area contributed by atoms with Gasteiger partial charge in [-0.1, -0.05) is 32.5 Å². The molecule has 6 heteroatoms. The Labute approximate surface area is 139 Å². The van der Waals surface area contributed by atoms with Crippen molar-refractivity contribution in [3.63, 3.8) is 0 Å². The zero-order valence-electron chi connectivity index (χ0n) is 13.3. The molecule has 4 nitrogen and oxygen atoms in total. The number of fused-ring (bicyclic) bond motifs is 1. The van der Waals surface area contributed by atoms with E-state index in [-0.39, 0.29) is 6.61 Å². The highest BCUT2D eigenvalue weighted by Crippen LogP contribution is 2.42. The van der Waals surface area contributed by atoms with Gasteiger partial charge in [0.05, 0.1) is 11.5 Å². The van der Waals surface area contributed by atoms with Crippen LogP contribution in [0.15, 0.2) is 15.7 Å². The molecular formula is C16H22N2O2S2. The van der Waals surface area contributed by atoms with Gasteiger partial charge in [-0.05, 0) is 42.2 Å². The predicted octanol–water partition coefficient (Wildman–Crippen LogP) is 4.03. The number of hydrogen-bond acceptors (Lipinski definition) is 6. The Balaban J connectivity index is 1.78. The topological polar surface area (TPSA) is 59.2 Å². The number of aryl methyl sites for hydroxylation is 1. The van der Waals surface area contributed by atoms with Crippen molar-refractivity contribution in [2.45, 2.75) is 45.3 Å². The zero-order chi connectivity index (χ0) is 15.7. The van der Waals surface area contributed by atoms with Crippen molar-refractivity contribution in [2.24, 2.45) is 11.3 Å². The maximum Gasteiger partial charge on any atom is 0.276 e. The van der Waals surface area contributed by atoms with Crippen LogP contribution < -0.4 is 0 Å². The van der Waals surface area contributed by atoms with E-state index in [0.29, 0.717) is 22.3 Å². The molecule has 22 heavy (non-hydrogen) atoms. The molecule has 1 aliphatic rings. The first kappa shape index (κ1) is 16.0. The van der Waals surface area contributed by atoms with Crippen LogP contribution in [0.1, 0.15) is 37.6 Å². The van der Waals surface area contributed by atoms with Crippen LogP contribution in [0.5, 0.6) is 0 Å². The molecule has 0 aromatic carbocycles. The summed E-state index contributed by atoms with van der Waals surface area (Å²) < 4.78 is 5.68. The van der Waals surface area contributed by atoms with E-state index in [9.17, 15) is 0 Å². The third kappa shape index (κ3) is 3.39. The first-order valence-corrected chi connectivity index (χ1v) is 9.46. The lowest BCUT2D eigenvalue weighted by molar-refractivity contribution is 0.217. The molecule has 0 fully saturated rings. The maximum absolute atomic E-state index is 8.84. The smallest absolute Gasteiger partial charge is 0.276 e. The second-order valence-corrected chi connectivity index (χ2v) is 8.99. The Hall–Kier alpha value is -0.850. The highest BCUT2D eigenvalue weighted by atomic mass is 32.2. The summed E-state index contributed by atoms with van der Waals surface area (Å²) in [5, 5.41) is 17.5. The van der Waals surface area contributed by atoms with E-state index in [4.69, 9.17) is 9.52 Å². The lowest BCUT2D eigenvalue weighted by Gasteiger charge is -2.33. The average molecular weight is 338 g/mol. The summed E-state index contributed by atoms with van der Waals surface area (Å²) in [5.74, 6) is 1.92. The van der Waals surface area contributed by atoms with Gasteiger partial charge in [-0.15, -0.1) is 21.5 Å². The molecule has 0 saturated carbocycles. The van der Waals surface area contributed by atoms with Crippen LogP contribution in [0.2, 0.25) is 0 Å². The van der Waals surface area contributed by atoms with Crippen molar-refractivity contribution in [3.8, 4) is 10.8 Å². The summed E-state index contributed by atoms with van der Waals surface area (Å²) in [6, 6.07) is 2.23. The van der Waals surface area contributed by atoms with E-state index >= 15 is 0 Å². The van der Waals surface area contributed by atoms with E-state index in [1.54, 1.807) is 11.3 Å². The second kappa shape index (κ2) is 6.34. The van der Waals surface area contributed by atoms with Gasteiger partial charge in [0.25, 0.3) is 11.1 Å². The molecule has 0 aliphatic heterocycles. The van der Waals surface area contributed by atoms with Crippen LogP contribution >= 0.6 is 23.1 Å². The monoisotopic (exact) mass is 338 g/mol. The number of thiophene rings is 1. The molecule has 0 spiro atoms. The highest BCUT2D eigenvalue weighted by molar-refractivity contribution is 7.99. The van der Waals surface area contributed by atoms with Crippen LogP contribution in [0.3, 0.4) is 0 Å². The van der Waals surface area contributed by atoms with Crippen LogP contribution in [-0.4, -0.2) is 27.7 Å². The molecule has 1 aliphatic carbocycles. The minimum Gasteiger partial charge on any atom is -0.410 e. The average Bonchev–Trinajstić information content (AvgIpc) is 3.09. The van der Waals surface area contributed by atoms with Crippen molar-refractivity contribution in [1.29, 1.82) is 0 Å². The Morgan fingerprint density at radius 3 is 2.95 bits per heavy atom. The number of nitrogens with zero attached hydrogens (tertiary/aromatic N) is 2. The number of rotatable bonds is 4. The van der Waals surface area contributed by atoms with Gasteiger partial charge in [-0.3, -0.25) is 0 Å². The molecule has 2 aromatic rings. The van der Waals surface area contributed by atoms with E-state index in [0.717, 1.165) is 23.6 Å². The third-order valence-corrected chi connectivity index (χ3v) is 6.27. The van der Waals surface area contributed by atoms with Gasteiger partial charge in [0.2, 0.25) is 0 Å². The number of hydrogen-bond donors (Lipinski definition) is 1. The Kier molecular flexibility index (Phi) is 4.61. The van der Waals surface area contributed by atoms with E-state index in [1.807, 2.05) is 0 Å². The Morgan fingerprint density at radius 1 is 1.41 bits per heavy atom. The van der Waals surface area contributed by atoms with Gasteiger partial charge in [0, 0.05) is 10.6 Å². The van der Waals surface area contributed by atoms with Gasteiger partial charge in [-0.2, -0.15) is 0 Å². The normalized spacial score (nSPS) is 18.5. The largest absolute Gasteiger partial charge is 0.410 e. The number of thioether (sulfide) groups is 1. The second-order valence-electron chi connectivity index (χ2n) is 6.81. The summed E-state index contributed by atoms with van der Waals surface area (Å²) >= 11 is 3.17.